The number of aromatic nitrogens is 2. The Morgan fingerprint density at radius 3 is 2.82 bits per heavy atom. The van der Waals surface area contributed by atoms with Crippen molar-refractivity contribution < 1.29 is 0 Å². The maximum atomic E-state index is 4.28. The number of nitrogens with zero attached hydrogens (tertiary/aromatic N) is 3. The van der Waals surface area contributed by atoms with Gasteiger partial charge in [0.15, 0.2) is 0 Å². The van der Waals surface area contributed by atoms with Gasteiger partial charge in [0.1, 0.15) is 0 Å². The number of hydrogen-bond acceptors (Lipinski definition) is 3. The first-order valence-electron chi connectivity index (χ1n) is 6.67. The van der Waals surface area contributed by atoms with Crippen molar-refractivity contribution in [3.05, 3.63) is 18.2 Å². The van der Waals surface area contributed by atoms with Crippen molar-refractivity contribution in [2.24, 2.45) is 0 Å². The van der Waals surface area contributed by atoms with Gasteiger partial charge >= 0.3 is 0 Å². The molecule has 2 heterocycles. The number of hydrogen-bond donors (Lipinski definition) is 1. The molecule has 0 amide bonds. The Morgan fingerprint density at radius 1 is 1.53 bits per heavy atom. The summed E-state index contributed by atoms with van der Waals surface area (Å²) in [6, 6.07) is 1.21. The lowest BCUT2D eigenvalue weighted by Gasteiger charge is -2.38. The average Bonchev–Trinajstić information content (AvgIpc) is 2.63. The van der Waals surface area contributed by atoms with Crippen LogP contribution in [-0.4, -0.2) is 40.1 Å². The summed E-state index contributed by atoms with van der Waals surface area (Å²) in [7, 11) is 0. The van der Waals surface area contributed by atoms with Crippen LogP contribution in [0.2, 0.25) is 0 Å². The standard InChI is InChI=1S/C13H24N4/c1-4-5-16(12-6-14-7-12)9-13-8-15-10-17(13)11(2)3/h8,10-12,14H,4-7,9H2,1-3H3. The van der Waals surface area contributed by atoms with E-state index in [1.807, 2.05) is 12.5 Å². The monoisotopic (exact) mass is 236 g/mol. The lowest BCUT2D eigenvalue weighted by Crippen LogP contribution is -2.57. The molecule has 96 valence electrons. The van der Waals surface area contributed by atoms with Crippen LogP contribution in [-0.2, 0) is 6.54 Å². The Bertz CT molecular complexity index is 341. The van der Waals surface area contributed by atoms with Crippen molar-refractivity contribution >= 4 is 0 Å². The van der Waals surface area contributed by atoms with Gasteiger partial charge in [0.2, 0.25) is 0 Å². The van der Waals surface area contributed by atoms with Gasteiger partial charge in [-0.2, -0.15) is 0 Å². The molecule has 0 unspecified atom stereocenters. The molecule has 0 aromatic carbocycles. The van der Waals surface area contributed by atoms with Crippen LogP contribution in [0.3, 0.4) is 0 Å². The van der Waals surface area contributed by atoms with Gasteiger partial charge in [-0.3, -0.25) is 4.90 Å². The fourth-order valence-corrected chi connectivity index (χ4v) is 2.34. The summed E-state index contributed by atoms with van der Waals surface area (Å²) < 4.78 is 2.27. The van der Waals surface area contributed by atoms with E-state index >= 15 is 0 Å². The van der Waals surface area contributed by atoms with Crippen molar-refractivity contribution in [2.75, 3.05) is 19.6 Å². The Kier molecular flexibility index (Phi) is 4.18. The lowest BCUT2D eigenvalue weighted by molar-refractivity contribution is 0.134. The van der Waals surface area contributed by atoms with Crippen LogP contribution in [0.1, 0.15) is 38.9 Å². The Labute approximate surface area is 104 Å². The van der Waals surface area contributed by atoms with E-state index in [2.05, 4.69) is 40.5 Å². The first kappa shape index (κ1) is 12.6. The first-order chi connectivity index (χ1) is 8.22. The zero-order valence-electron chi connectivity index (χ0n) is 11.2. The van der Waals surface area contributed by atoms with Crippen LogP contribution in [0.25, 0.3) is 0 Å². The van der Waals surface area contributed by atoms with Gasteiger partial charge in [-0.1, -0.05) is 6.92 Å². The molecule has 17 heavy (non-hydrogen) atoms. The smallest absolute Gasteiger partial charge is 0.0951 e. The summed E-state index contributed by atoms with van der Waals surface area (Å²) in [5, 5.41) is 3.35. The van der Waals surface area contributed by atoms with E-state index in [9.17, 15) is 0 Å². The molecule has 0 aliphatic carbocycles. The van der Waals surface area contributed by atoms with Gasteiger partial charge < -0.3 is 9.88 Å². The van der Waals surface area contributed by atoms with E-state index < -0.39 is 0 Å². The number of rotatable bonds is 6. The molecule has 0 atom stereocenters. The van der Waals surface area contributed by atoms with Crippen molar-refractivity contribution in [1.82, 2.24) is 19.8 Å². The van der Waals surface area contributed by atoms with Gasteiger partial charge in [-0.25, -0.2) is 4.98 Å². The maximum absolute atomic E-state index is 4.28. The molecule has 1 aliphatic heterocycles. The SMILES string of the molecule is CCCN(Cc1cncn1C(C)C)C1CNC1. The normalized spacial score (nSPS) is 16.8. The highest BCUT2D eigenvalue weighted by Crippen LogP contribution is 2.15. The van der Waals surface area contributed by atoms with Crippen LogP contribution in [0, 0.1) is 0 Å². The summed E-state index contributed by atoms with van der Waals surface area (Å²) >= 11 is 0. The van der Waals surface area contributed by atoms with E-state index in [0.29, 0.717) is 12.1 Å². The van der Waals surface area contributed by atoms with Crippen LogP contribution in [0.5, 0.6) is 0 Å². The average molecular weight is 236 g/mol. The Morgan fingerprint density at radius 2 is 2.29 bits per heavy atom. The van der Waals surface area contributed by atoms with Crippen molar-refractivity contribution in [3.8, 4) is 0 Å². The zero-order valence-corrected chi connectivity index (χ0v) is 11.2. The summed E-state index contributed by atoms with van der Waals surface area (Å²) in [5.74, 6) is 0. The minimum Gasteiger partial charge on any atom is -0.331 e. The van der Waals surface area contributed by atoms with Gasteiger partial charge in [0.05, 0.1) is 12.0 Å². The van der Waals surface area contributed by atoms with Gasteiger partial charge in [-0.15, -0.1) is 0 Å². The third kappa shape index (κ3) is 2.87. The fourth-order valence-electron chi connectivity index (χ4n) is 2.34. The lowest BCUT2D eigenvalue weighted by atomic mass is 10.1. The van der Waals surface area contributed by atoms with Crippen LogP contribution >= 0.6 is 0 Å². The summed E-state index contributed by atoms with van der Waals surface area (Å²) in [5.41, 5.74) is 1.33. The summed E-state index contributed by atoms with van der Waals surface area (Å²) in [6.07, 6.45) is 5.17. The molecule has 0 spiro atoms. The molecule has 0 saturated carbocycles. The topological polar surface area (TPSA) is 33.1 Å². The molecule has 4 heteroatoms. The molecule has 1 N–H and O–H groups in total. The highest BCUT2D eigenvalue weighted by molar-refractivity contribution is 5.01. The minimum absolute atomic E-state index is 0.496. The van der Waals surface area contributed by atoms with E-state index in [-0.39, 0.29) is 0 Å². The number of imidazole rings is 1. The molecule has 0 bridgehead atoms. The van der Waals surface area contributed by atoms with Crippen molar-refractivity contribution in [3.63, 3.8) is 0 Å². The Balaban J connectivity index is 2.03. The Hall–Kier alpha value is -0.870. The molecular formula is C13H24N4. The van der Waals surface area contributed by atoms with Crippen molar-refractivity contribution in [1.29, 1.82) is 0 Å². The zero-order chi connectivity index (χ0) is 12.3. The molecule has 0 radical (unpaired) electrons. The van der Waals surface area contributed by atoms with E-state index in [0.717, 1.165) is 19.6 Å². The van der Waals surface area contributed by atoms with E-state index in [1.165, 1.54) is 18.7 Å². The second-order valence-electron chi connectivity index (χ2n) is 5.17. The molecule has 1 fully saturated rings. The molecular weight excluding hydrogens is 212 g/mol. The molecule has 1 aromatic heterocycles. The molecule has 1 aliphatic rings. The second-order valence-corrected chi connectivity index (χ2v) is 5.17. The van der Waals surface area contributed by atoms with Gasteiger partial charge in [0.25, 0.3) is 0 Å². The largest absolute Gasteiger partial charge is 0.331 e. The van der Waals surface area contributed by atoms with Crippen LogP contribution in [0.4, 0.5) is 0 Å². The van der Waals surface area contributed by atoms with E-state index in [4.69, 9.17) is 0 Å². The third-order valence-electron chi connectivity index (χ3n) is 3.45. The predicted molar refractivity (Wildman–Crippen MR) is 70.0 cm³/mol. The quantitative estimate of drug-likeness (QED) is 0.815. The van der Waals surface area contributed by atoms with Crippen molar-refractivity contribution in [2.45, 2.75) is 45.8 Å². The van der Waals surface area contributed by atoms with Gasteiger partial charge in [-0.05, 0) is 26.8 Å². The van der Waals surface area contributed by atoms with Crippen LogP contribution in [0.15, 0.2) is 12.5 Å². The molecule has 2 rings (SSSR count). The van der Waals surface area contributed by atoms with E-state index in [1.54, 1.807) is 0 Å². The first-order valence-corrected chi connectivity index (χ1v) is 6.67. The maximum Gasteiger partial charge on any atom is 0.0951 e. The highest BCUT2D eigenvalue weighted by Gasteiger charge is 2.24. The third-order valence-corrected chi connectivity index (χ3v) is 3.45. The molecule has 1 aromatic rings. The molecule has 4 nitrogen and oxygen atoms in total. The van der Waals surface area contributed by atoms with Crippen LogP contribution < -0.4 is 5.32 Å². The second kappa shape index (κ2) is 5.65. The number of nitrogens with one attached hydrogen (secondary N) is 1. The highest BCUT2D eigenvalue weighted by atomic mass is 15.2. The fraction of sp³-hybridized carbons (Fsp3) is 0.769. The summed E-state index contributed by atoms with van der Waals surface area (Å²) in [4.78, 5) is 6.86. The molecule has 1 saturated heterocycles. The van der Waals surface area contributed by atoms with Gasteiger partial charge in [0, 0.05) is 37.9 Å². The predicted octanol–water partition coefficient (Wildman–Crippen LogP) is 1.65. The summed E-state index contributed by atoms with van der Waals surface area (Å²) in [6.45, 7) is 11.1. The minimum atomic E-state index is 0.496.